The Labute approximate surface area is 360 Å². The Morgan fingerprint density at radius 1 is 0.452 bits per heavy atom. The maximum Gasteiger partial charge on any atom is 0.161 e. The van der Waals surface area contributed by atoms with Crippen molar-refractivity contribution < 1.29 is 0 Å². The number of benzene rings is 8. The smallest absolute Gasteiger partial charge is 0.161 e. The van der Waals surface area contributed by atoms with E-state index < -0.39 is 0 Å². The molecule has 0 amide bonds. The minimum atomic E-state index is 0.428. The lowest BCUT2D eigenvalue weighted by atomic mass is 9.86. The van der Waals surface area contributed by atoms with Crippen LogP contribution in [0.25, 0.3) is 84.4 Å². The maximum absolute atomic E-state index is 9.75. The summed E-state index contributed by atoms with van der Waals surface area (Å²) in [5.74, 6) is 0.616. The summed E-state index contributed by atoms with van der Waals surface area (Å²) in [5, 5.41) is 16.0. The number of hydrogen-bond donors (Lipinski definition) is 2. The van der Waals surface area contributed by atoms with E-state index in [4.69, 9.17) is 9.97 Å². The lowest BCUT2D eigenvalue weighted by Crippen LogP contribution is -2.21. The minimum Gasteiger partial charge on any atom is -0.354 e. The molecular weight excluding hydrogens is 755 g/mol. The SMILES string of the molecule is N=C(/C(=C1\NC(c2ccccc2)=Cc2c1cccc2-c1nc(-c2ccccc2)cc(-c2cccc(-n3c4ccccc4c4ccccc43)c2)n1)c1ccccc1)c1ccccc1. The largest absolute Gasteiger partial charge is 0.354 e. The molecule has 2 N–H and O–H groups in total. The fraction of sp³-hybridized carbons (Fsp3) is 0. The van der Waals surface area contributed by atoms with Crippen molar-refractivity contribution in [2.45, 2.75) is 0 Å². The zero-order valence-electron chi connectivity index (χ0n) is 33.7. The second-order valence-corrected chi connectivity index (χ2v) is 15.4. The van der Waals surface area contributed by atoms with Crippen molar-refractivity contribution >= 4 is 50.6 Å². The van der Waals surface area contributed by atoms with Crippen molar-refractivity contribution in [1.29, 1.82) is 5.41 Å². The average Bonchev–Trinajstić information content (AvgIpc) is 3.69. The quantitative estimate of drug-likeness (QED) is 0.151. The highest BCUT2D eigenvalue weighted by Crippen LogP contribution is 2.41. The highest BCUT2D eigenvalue weighted by molar-refractivity contribution is 6.36. The van der Waals surface area contributed by atoms with Crippen LogP contribution in [0, 0.1) is 5.41 Å². The van der Waals surface area contributed by atoms with Gasteiger partial charge in [0, 0.05) is 55.5 Å². The molecule has 0 unspecified atom stereocenters. The predicted molar refractivity (Wildman–Crippen MR) is 257 cm³/mol. The van der Waals surface area contributed by atoms with Crippen molar-refractivity contribution in [3.63, 3.8) is 0 Å². The molecule has 11 rings (SSSR count). The van der Waals surface area contributed by atoms with E-state index in [2.05, 4.69) is 174 Å². The molecule has 1 aliphatic heterocycles. The number of para-hydroxylation sites is 2. The molecule has 292 valence electrons. The lowest BCUT2D eigenvalue weighted by molar-refractivity contribution is 1.16. The summed E-state index contributed by atoms with van der Waals surface area (Å²) in [5.41, 5.74) is 15.7. The van der Waals surface area contributed by atoms with Crippen LogP contribution in [0.3, 0.4) is 0 Å². The van der Waals surface area contributed by atoms with Gasteiger partial charge in [-0.05, 0) is 53.1 Å². The van der Waals surface area contributed by atoms with Crippen molar-refractivity contribution in [2.24, 2.45) is 0 Å². The Balaban J connectivity index is 1.14. The maximum atomic E-state index is 9.75. The molecular formula is C57H39N5. The van der Waals surface area contributed by atoms with Crippen molar-refractivity contribution in [1.82, 2.24) is 19.9 Å². The summed E-state index contributed by atoms with van der Waals surface area (Å²) in [4.78, 5) is 10.8. The summed E-state index contributed by atoms with van der Waals surface area (Å²) < 4.78 is 2.34. The number of nitrogens with one attached hydrogen (secondary N) is 2. The van der Waals surface area contributed by atoms with Crippen molar-refractivity contribution in [3.8, 4) is 39.6 Å². The molecule has 0 spiro atoms. The molecule has 1 aliphatic rings. The van der Waals surface area contributed by atoms with Gasteiger partial charge in [0.05, 0.1) is 33.8 Å². The molecule has 3 heterocycles. The van der Waals surface area contributed by atoms with Gasteiger partial charge in [0.25, 0.3) is 0 Å². The molecule has 0 radical (unpaired) electrons. The van der Waals surface area contributed by atoms with Crippen LogP contribution in [0.1, 0.15) is 27.8 Å². The van der Waals surface area contributed by atoms with E-state index in [1.165, 1.54) is 10.8 Å². The number of hydrogen-bond acceptors (Lipinski definition) is 4. The molecule has 62 heavy (non-hydrogen) atoms. The summed E-state index contributed by atoms with van der Waals surface area (Å²) in [6.45, 7) is 0. The molecule has 0 saturated carbocycles. The van der Waals surface area contributed by atoms with Crippen LogP contribution >= 0.6 is 0 Å². The van der Waals surface area contributed by atoms with Crippen LogP contribution in [0.5, 0.6) is 0 Å². The Morgan fingerprint density at radius 3 is 1.63 bits per heavy atom. The molecule has 10 aromatic rings. The lowest BCUT2D eigenvalue weighted by Gasteiger charge is -2.27. The van der Waals surface area contributed by atoms with Crippen LogP contribution in [-0.4, -0.2) is 20.2 Å². The van der Waals surface area contributed by atoms with E-state index in [-0.39, 0.29) is 0 Å². The first-order valence-corrected chi connectivity index (χ1v) is 20.8. The normalized spacial score (nSPS) is 13.0. The van der Waals surface area contributed by atoms with Gasteiger partial charge in [-0.2, -0.15) is 0 Å². The van der Waals surface area contributed by atoms with Gasteiger partial charge < -0.3 is 9.88 Å². The van der Waals surface area contributed by atoms with Gasteiger partial charge in [-0.1, -0.05) is 188 Å². The molecule has 0 atom stereocenters. The molecule has 2 aromatic heterocycles. The standard InChI is InChI=1S/C57H39N5/c58-55(41-25-11-4-12-26-41)54(40-23-9-3-10-24-40)56-46-31-18-32-47(48(46)36-49(59-56)38-19-5-1-6-20-38)57-60-50(39-21-7-2-8-22-39)37-51(61-57)42-27-17-28-43(35-42)62-52-33-15-13-29-44(52)45-30-14-16-34-53(45)62/h1-37,58-59H/b56-54-,58-55?. The predicted octanol–water partition coefficient (Wildman–Crippen LogP) is 13.6. The van der Waals surface area contributed by atoms with Crippen LogP contribution in [0.2, 0.25) is 0 Å². The number of rotatable bonds is 8. The van der Waals surface area contributed by atoms with Crippen LogP contribution in [0.15, 0.2) is 218 Å². The molecule has 5 nitrogen and oxygen atoms in total. The summed E-state index contributed by atoms with van der Waals surface area (Å²) in [6, 6.07) is 75.2. The van der Waals surface area contributed by atoms with E-state index in [9.17, 15) is 5.41 Å². The molecule has 0 saturated heterocycles. The molecule has 5 heteroatoms. The van der Waals surface area contributed by atoms with Crippen LogP contribution < -0.4 is 5.32 Å². The number of nitrogens with zero attached hydrogens (tertiary/aromatic N) is 3. The Kier molecular flexibility index (Phi) is 9.25. The van der Waals surface area contributed by atoms with Gasteiger partial charge >= 0.3 is 0 Å². The molecule has 8 aromatic carbocycles. The summed E-state index contributed by atoms with van der Waals surface area (Å²) in [7, 11) is 0. The first-order chi connectivity index (χ1) is 30.7. The molecule has 0 fully saturated rings. The van der Waals surface area contributed by atoms with Gasteiger partial charge in [0.1, 0.15) is 0 Å². The van der Waals surface area contributed by atoms with Crippen molar-refractivity contribution in [3.05, 3.63) is 246 Å². The zero-order chi connectivity index (χ0) is 41.4. The molecule has 0 aliphatic carbocycles. The van der Waals surface area contributed by atoms with Gasteiger partial charge in [0.15, 0.2) is 5.82 Å². The van der Waals surface area contributed by atoms with Gasteiger partial charge in [-0.3, -0.25) is 5.41 Å². The highest BCUT2D eigenvalue weighted by atomic mass is 15.0. The third kappa shape index (κ3) is 6.59. The molecule has 0 bridgehead atoms. The number of allylic oxidation sites excluding steroid dienone is 1. The Morgan fingerprint density at radius 2 is 0.968 bits per heavy atom. The fourth-order valence-corrected chi connectivity index (χ4v) is 8.73. The van der Waals surface area contributed by atoms with Gasteiger partial charge in [0.2, 0.25) is 0 Å². The second-order valence-electron chi connectivity index (χ2n) is 15.4. The van der Waals surface area contributed by atoms with Crippen molar-refractivity contribution in [2.75, 3.05) is 0 Å². The summed E-state index contributed by atoms with van der Waals surface area (Å²) in [6.07, 6.45) is 2.21. The second kappa shape index (κ2) is 15.6. The Hall–Kier alpha value is -8.41. The Bertz CT molecular complexity index is 3310. The highest BCUT2D eigenvalue weighted by Gasteiger charge is 2.26. The fourth-order valence-electron chi connectivity index (χ4n) is 8.73. The first kappa shape index (κ1) is 36.7. The van der Waals surface area contributed by atoms with Crippen LogP contribution in [-0.2, 0) is 0 Å². The summed E-state index contributed by atoms with van der Waals surface area (Å²) >= 11 is 0. The first-order valence-electron chi connectivity index (χ1n) is 20.8. The van der Waals surface area contributed by atoms with Crippen LogP contribution in [0.4, 0.5) is 0 Å². The monoisotopic (exact) mass is 793 g/mol. The average molecular weight is 794 g/mol. The topological polar surface area (TPSA) is 66.6 Å². The number of aromatic nitrogens is 3. The van der Waals surface area contributed by atoms with E-state index in [1.807, 2.05) is 60.7 Å². The minimum absolute atomic E-state index is 0.428. The van der Waals surface area contributed by atoms with E-state index in [0.29, 0.717) is 11.5 Å². The van der Waals surface area contributed by atoms with E-state index >= 15 is 0 Å². The van der Waals surface area contributed by atoms with Gasteiger partial charge in [-0.25, -0.2) is 9.97 Å². The third-order valence-corrected chi connectivity index (χ3v) is 11.7. The van der Waals surface area contributed by atoms with Gasteiger partial charge in [-0.15, -0.1) is 0 Å². The zero-order valence-corrected chi connectivity index (χ0v) is 33.7. The van der Waals surface area contributed by atoms with E-state index in [1.54, 1.807) is 0 Å². The number of fused-ring (bicyclic) bond motifs is 4. The third-order valence-electron chi connectivity index (χ3n) is 11.7. The van der Waals surface area contributed by atoms with E-state index in [0.717, 1.165) is 89.6 Å².